The first-order chi connectivity index (χ1) is 18.1. The Kier molecular flexibility index (Phi) is 8.98. The third kappa shape index (κ3) is 6.79. The van der Waals surface area contributed by atoms with E-state index in [1.165, 1.54) is 6.07 Å². The second kappa shape index (κ2) is 12.8. The summed E-state index contributed by atoms with van der Waals surface area (Å²) >= 11 is 0. The molecule has 3 aromatic carbocycles. The van der Waals surface area contributed by atoms with Crippen molar-refractivity contribution in [1.82, 2.24) is 0 Å². The first-order valence-electron chi connectivity index (χ1n) is 12.9. The van der Waals surface area contributed by atoms with Crippen molar-refractivity contribution in [1.29, 1.82) is 0 Å². The van der Waals surface area contributed by atoms with Gasteiger partial charge in [-0.25, -0.2) is 4.79 Å². The van der Waals surface area contributed by atoms with Crippen molar-refractivity contribution < 1.29 is 18.7 Å². The summed E-state index contributed by atoms with van der Waals surface area (Å²) in [5, 5.41) is 3.71. The van der Waals surface area contributed by atoms with E-state index in [9.17, 15) is 9.59 Å². The molecule has 1 N–H and O–H groups in total. The maximum absolute atomic E-state index is 12.7. The van der Waals surface area contributed by atoms with Crippen LogP contribution in [0.1, 0.15) is 45.1 Å². The van der Waals surface area contributed by atoms with Gasteiger partial charge in [0.05, 0.1) is 12.3 Å². The van der Waals surface area contributed by atoms with Crippen LogP contribution >= 0.6 is 0 Å². The van der Waals surface area contributed by atoms with Crippen molar-refractivity contribution in [3.63, 3.8) is 0 Å². The van der Waals surface area contributed by atoms with Gasteiger partial charge >= 0.3 is 5.63 Å². The smallest absolute Gasteiger partial charge is 0.336 e. The van der Waals surface area contributed by atoms with Crippen LogP contribution in [0.4, 0.5) is 5.69 Å². The van der Waals surface area contributed by atoms with Gasteiger partial charge in [-0.2, -0.15) is 0 Å². The highest BCUT2D eigenvalue weighted by molar-refractivity contribution is 5.95. The molecule has 0 radical (unpaired) electrons. The second-order valence-electron chi connectivity index (χ2n) is 8.88. The highest BCUT2D eigenvalue weighted by Crippen LogP contribution is 2.33. The molecule has 0 unspecified atom stereocenters. The van der Waals surface area contributed by atoms with Crippen LogP contribution < -0.4 is 20.4 Å². The molecule has 1 heterocycles. The fourth-order valence-corrected chi connectivity index (χ4v) is 4.34. The van der Waals surface area contributed by atoms with E-state index in [4.69, 9.17) is 13.9 Å². The number of unbranched alkanes of at least 4 members (excludes halogenated alkanes) is 3. The average molecular weight is 500 g/mol. The fraction of sp³-hybridized carbons (Fsp3) is 0.290. The molecular formula is C31H33NO5. The summed E-state index contributed by atoms with van der Waals surface area (Å²) in [6.45, 7) is 4.39. The summed E-state index contributed by atoms with van der Waals surface area (Å²) in [5.41, 5.74) is 3.34. The quantitative estimate of drug-likeness (QED) is 0.168. The van der Waals surface area contributed by atoms with E-state index < -0.39 is 5.63 Å². The highest BCUT2D eigenvalue weighted by atomic mass is 16.5. The molecule has 6 nitrogen and oxygen atoms in total. The second-order valence-corrected chi connectivity index (χ2v) is 8.88. The number of aryl methyl sites for hydroxylation is 1. The van der Waals surface area contributed by atoms with E-state index in [1.807, 2.05) is 61.5 Å². The van der Waals surface area contributed by atoms with Gasteiger partial charge in [-0.1, -0.05) is 68.7 Å². The fourth-order valence-electron chi connectivity index (χ4n) is 4.34. The van der Waals surface area contributed by atoms with Crippen molar-refractivity contribution in [3.8, 4) is 22.6 Å². The molecular weight excluding hydrogens is 466 g/mol. The standard InChI is InChI=1S/C31H33NO5/c1-3-5-6-8-15-23-18-25-24(22-13-9-7-10-14-22)19-31(34)37-29(25)20-28(23)36-21-30(33)32-26-16-11-12-17-27(26)35-4-2/h7,9-14,16-20H,3-6,8,15,21H2,1-2H3,(H,32,33). The molecule has 0 atom stereocenters. The van der Waals surface area contributed by atoms with Gasteiger partial charge in [0, 0.05) is 17.5 Å². The van der Waals surface area contributed by atoms with Crippen LogP contribution in [0.2, 0.25) is 0 Å². The first-order valence-corrected chi connectivity index (χ1v) is 12.9. The third-order valence-corrected chi connectivity index (χ3v) is 6.13. The minimum atomic E-state index is -0.432. The zero-order chi connectivity index (χ0) is 26.0. The Bertz CT molecular complexity index is 1390. The number of para-hydroxylation sites is 2. The lowest BCUT2D eigenvalue weighted by Crippen LogP contribution is -2.21. The maximum Gasteiger partial charge on any atom is 0.336 e. The number of ether oxygens (including phenoxy) is 2. The molecule has 1 amide bonds. The van der Waals surface area contributed by atoms with Gasteiger partial charge in [-0.05, 0) is 54.7 Å². The molecule has 0 saturated heterocycles. The van der Waals surface area contributed by atoms with Crippen LogP contribution in [0.3, 0.4) is 0 Å². The number of carbonyl (C=O) groups is 1. The molecule has 6 heteroatoms. The lowest BCUT2D eigenvalue weighted by molar-refractivity contribution is -0.118. The number of amides is 1. The Balaban J connectivity index is 1.62. The molecule has 192 valence electrons. The van der Waals surface area contributed by atoms with Crippen LogP contribution in [0.25, 0.3) is 22.1 Å². The normalized spacial score (nSPS) is 10.9. The topological polar surface area (TPSA) is 77.8 Å². The van der Waals surface area contributed by atoms with Gasteiger partial charge in [-0.3, -0.25) is 4.79 Å². The zero-order valence-corrected chi connectivity index (χ0v) is 21.4. The van der Waals surface area contributed by atoms with Crippen molar-refractivity contribution >= 4 is 22.6 Å². The van der Waals surface area contributed by atoms with Gasteiger partial charge in [0.1, 0.15) is 17.1 Å². The van der Waals surface area contributed by atoms with Gasteiger partial charge < -0.3 is 19.2 Å². The number of hydrogen-bond acceptors (Lipinski definition) is 5. The van der Waals surface area contributed by atoms with Crippen LogP contribution in [0, 0.1) is 0 Å². The van der Waals surface area contributed by atoms with E-state index in [0.29, 0.717) is 29.4 Å². The summed E-state index contributed by atoms with van der Waals surface area (Å²) in [6.07, 6.45) is 5.22. The van der Waals surface area contributed by atoms with E-state index in [1.54, 1.807) is 12.1 Å². The molecule has 0 spiro atoms. The molecule has 1 aromatic heterocycles. The largest absolute Gasteiger partial charge is 0.492 e. The predicted octanol–water partition coefficient (Wildman–Crippen LogP) is 7.00. The van der Waals surface area contributed by atoms with Gasteiger partial charge in [-0.15, -0.1) is 0 Å². The van der Waals surface area contributed by atoms with Crippen molar-refractivity contribution in [2.75, 3.05) is 18.5 Å². The lowest BCUT2D eigenvalue weighted by Gasteiger charge is -2.15. The molecule has 0 fully saturated rings. The Morgan fingerprint density at radius 2 is 1.65 bits per heavy atom. The van der Waals surface area contributed by atoms with Gasteiger partial charge in [0.2, 0.25) is 0 Å². The Morgan fingerprint density at radius 1 is 0.865 bits per heavy atom. The van der Waals surface area contributed by atoms with Crippen molar-refractivity contribution in [2.45, 2.75) is 46.0 Å². The summed E-state index contributed by atoms with van der Waals surface area (Å²) in [7, 11) is 0. The Labute approximate surface area is 217 Å². The van der Waals surface area contributed by atoms with E-state index >= 15 is 0 Å². The lowest BCUT2D eigenvalue weighted by atomic mass is 9.98. The number of fused-ring (bicyclic) bond motifs is 1. The molecule has 0 aliphatic rings. The molecule has 0 aliphatic heterocycles. The number of nitrogens with one attached hydrogen (secondary N) is 1. The predicted molar refractivity (Wildman–Crippen MR) is 148 cm³/mol. The molecule has 4 aromatic rings. The maximum atomic E-state index is 12.7. The summed E-state index contributed by atoms with van der Waals surface area (Å²) in [4.78, 5) is 25.1. The SMILES string of the molecule is CCCCCCc1cc2c(-c3ccccc3)cc(=O)oc2cc1OCC(=O)Nc1ccccc1OCC. The van der Waals surface area contributed by atoms with Crippen LogP contribution in [0.5, 0.6) is 11.5 Å². The van der Waals surface area contributed by atoms with Gasteiger partial charge in [0.15, 0.2) is 6.61 Å². The number of rotatable bonds is 12. The molecule has 4 rings (SSSR count). The number of hydrogen-bond donors (Lipinski definition) is 1. The molecule has 0 aliphatic carbocycles. The van der Waals surface area contributed by atoms with Gasteiger partial charge in [0.25, 0.3) is 5.91 Å². The highest BCUT2D eigenvalue weighted by Gasteiger charge is 2.15. The summed E-state index contributed by atoms with van der Waals surface area (Å²) in [5.74, 6) is 0.852. The van der Waals surface area contributed by atoms with Crippen LogP contribution in [-0.2, 0) is 11.2 Å². The molecule has 0 saturated carbocycles. The van der Waals surface area contributed by atoms with Crippen LogP contribution in [-0.4, -0.2) is 19.1 Å². The Hall–Kier alpha value is -4.06. The monoisotopic (exact) mass is 499 g/mol. The third-order valence-electron chi connectivity index (χ3n) is 6.13. The molecule has 37 heavy (non-hydrogen) atoms. The van der Waals surface area contributed by atoms with Crippen molar-refractivity contribution in [2.24, 2.45) is 0 Å². The number of benzene rings is 3. The summed E-state index contributed by atoms with van der Waals surface area (Å²) in [6, 6.07) is 22.4. The zero-order valence-electron chi connectivity index (χ0n) is 21.4. The van der Waals surface area contributed by atoms with E-state index in [-0.39, 0.29) is 12.5 Å². The van der Waals surface area contributed by atoms with E-state index in [2.05, 4.69) is 12.2 Å². The molecule has 0 bridgehead atoms. The minimum absolute atomic E-state index is 0.184. The Morgan fingerprint density at radius 3 is 2.43 bits per heavy atom. The number of carbonyl (C=O) groups excluding carboxylic acids is 1. The van der Waals surface area contributed by atoms with E-state index in [0.717, 1.165) is 54.2 Å². The summed E-state index contributed by atoms with van der Waals surface area (Å²) < 4.78 is 17.2. The minimum Gasteiger partial charge on any atom is -0.492 e. The van der Waals surface area contributed by atoms with Crippen LogP contribution in [0.15, 0.2) is 82.0 Å². The number of anilines is 1. The first kappa shape index (κ1) is 26.0. The average Bonchev–Trinajstić information content (AvgIpc) is 2.91. The van der Waals surface area contributed by atoms with Crippen molar-refractivity contribution in [3.05, 3.63) is 88.8 Å².